The number of nitrogens with zero attached hydrogens (tertiary/aromatic N) is 3. The van der Waals surface area contributed by atoms with Crippen LogP contribution in [0.4, 0.5) is 0 Å². The highest BCUT2D eigenvalue weighted by Gasteiger charge is 2.19. The van der Waals surface area contributed by atoms with Gasteiger partial charge in [0, 0.05) is 11.1 Å². The monoisotopic (exact) mass is 349 g/mol. The Balaban J connectivity index is 2.11. The summed E-state index contributed by atoms with van der Waals surface area (Å²) < 4.78 is 1.50. The standard InChI is InChI=1S/C23H15N3O/c24-16-20-21(17-10-4-1-5-11-17)25-22(18-12-6-2-7-13-18)26(23(20)27)19-14-8-3-9-15-19/h1-15H. The van der Waals surface area contributed by atoms with Gasteiger partial charge in [-0.25, -0.2) is 4.98 Å². The molecule has 4 rings (SSSR count). The molecule has 0 unspecified atom stereocenters. The molecule has 0 spiro atoms. The maximum atomic E-state index is 13.3. The van der Waals surface area contributed by atoms with E-state index in [-0.39, 0.29) is 11.1 Å². The summed E-state index contributed by atoms with van der Waals surface area (Å²) >= 11 is 0. The van der Waals surface area contributed by atoms with E-state index in [1.54, 1.807) is 0 Å². The van der Waals surface area contributed by atoms with Crippen molar-refractivity contribution in [2.75, 3.05) is 0 Å². The van der Waals surface area contributed by atoms with Crippen LogP contribution in [0.5, 0.6) is 0 Å². The maximum Gasteiger partial charge on any atom is 0.276 e. The molecule has 27 heavy (non-hydrogen) atoms. The predicted molar refractivity (Wildman–Crippen MR) is 105 cm³/mol. The van der Waals surface area contributed by atoms with Crippen LogP contribution in [0.25, 0.3) is 28.3 Å². The third-order valence-electron chi connectivity index (χ3n) is 4.29. The van der Waals surface area contributed by atoms with Crippen molar-refractivity contribution in [2.45, 2.75) is 0 Å². The Morgan fingerprint density at radius 1 is 0.741 bits per heavy atom. The molecule has 1 aromatic heterocycles. The van der Waals surface area contributed by atoms with Crippen molar-refractivity contribution < 1.29 is 0 Å². The van der Waals surface area contributed by atoms with E-state index in [9.17, 15) is 10.1 Å². The highest BCUT2D eigenvalue weighted by molar-refractivity contribution is 5.70. The number of hydrogen-bond acceptors (Lipinski definition) is 3. The van der Waals surface area contributed by atoms with Crippen molar-refractivity contribution in [3.8, 4) is 34.4 Å². The second-order valence-corrected chi connectivity index (χ2v) is 5.98. The van der Waals surface area contributed by atoms with Crippen LogP contribution in [0, 0.1) is 11.3 Å². The summed E-state index contributed by atoms with van der Waals surface area (Å²) in [6.45, 7) is 0. The van der Waals surface area contributed by atoms with Crippen molar-refractivity contribution in [3.63, 3.8) is 0 Å². The lowest BCUT2D eigenvalue weighted by Gasteiger charge is -2.15. The number of hydrogen-bond donors (Lipinski definition) is 0. The van der Waals surface area contributed by atoms with Gasteiger partial charge in [0.1, 0.15) is 17.5 Å². The van der Waals surface area contributed by atoms with Crippen LogP contribution in [-0.2, 0) is 0 Å². The lowest BCUT2D eigenvalue weighted by molar-refractivity contribution is 0.944. The molecule has 0 N–H and O–H groups in total. The van der Waals surface area contributed by atoms with Crippen molar-refractivity contribution in [1.82, 2.24) is 9.55 Å². The first-order valence-corrected chi connectivity index (χ1v) is 8.53. The molecule has 4 aromatic rings. The summed E-state index contributed by atoms with van der Waals surface area (Å²) in [5.41, 5.74) is 2.27. The Hall–Kier alpha value is -3.97. The zero-order valence-electron chi connectivity index (χ0n) is 14.4. The minimum Gasteiger partial charge on any atom is -0.267 e. The van der Waals surface area contributed by atoms with Gasteiger partial charge in [0.25, 0.3) is 5.56 Å². The molecular formula is C23H15N3O. The molecule has 4 nitrogen and oxygen atoms in total. The molecule has 1 heterocycles. The van der Waals surface area contributed by atoms with E-state index in [0.717, 1.165) is 11.1 Å². The van der Waals surface area contributed by atoms with Crippen molar-refractivity contribution in [3.05, 3.63) is 107 Å². The molecule has 0 bridgehead atoms. The van der Waals surface area contributed by atoms with E-state index in [4.69, 9.17) is 4.98 Å². The third-order valence-corrected chi connectivity index (χ3v) is 4.29. The van der Waals surface area contributed by atoms with Gasteiger partial charge in [-0.3, -0.25) is 9.36 Å². The zero-order valence-corrected chi connectivity index (χ0v) is 14.4. The average molecular weight is 349 g/mol. The molecule has 128 valence electrons. The van der Waals surface area contributed by atoms with Crippen LogP contribution in [0.1, 0.15) is 5.56 Å². The average Bonchev–Trinajstić information content (AvgIpc) is 2.75. The molecule has 0 aliphatic carbocycles. The first-order valence-electron chi connectivity index (χ1n) is 8.53. The topological polar surface area (TPSA) is 58.7 Å². The molecule has 3 aromatic carbocycles. The van der Waals surface area contributed by atoms with E-state index in [0.29, 0.717) is 17.2 Å². The number of benzene rings is 3. The van der Waals surface area contributed by atoms with Crippen LogP contribution in [-0.4, -0.2) is 9.55 Å². The summed E-state index contributed by atoms with van der Waals surface area (Å²) in [6.07, 6.45) is 0. The van der Waals surface area contributed by atoms with E-state index >= 15 is 0 Å². The van der Waals surface area contributed by atoms with Gasteiger partial charge in [-0.15, -0.1) is 0 Å². The molecular weight excluding hydrogens is 334 g/mol. The third kappa shape index (κ3) is 3.03. The van der Waals surface area contributed by atoms with Gasteiger partial charge in [0.05, 0.1) is 11.4 Å². The molecule has 0 radical (unpaired) electrons. The Kier molecular flexibility index (Phi) is 4.34. The van der Waals surface area contributed by atoms with Gasteiger partial charge in [-0.05, 0) is 12.1 Å². The van der Waals surface area contributed by atoms with Gasteiger partial charge in [-0.1, -0.05) is 78.9 Å². The summed E-state index contributed by atoms with van der Waals surface area (Å²) in [5.74, 6) is 0.504. The van der Waals surface area contributed by atoms with Gasteiger partial charge in [-0.2, -0.15) is 5.26 Å². The van der Waals surface area contributed by atoms with Crippen LogP contribution < -0.4 is 5.56 Å². The highest BCUT2D eigenvalue weighted by atomic mass is 16.1. The Morgan fingerprint density at radius 3 is 1.81 bits per heavy atom. The van der Waals surface area contributed by atoms with Crippen LogP contribution in [0.2, 0.25) is 0 Å². The van der Waals surface area contributed by atoms with E-state index < -0.39 is 0 Å². The molecule has 4 heteroatoms. The molecule has 0 amide bonds. The summed E-state index contributed by atoms with van der Waals surface area (Å²) in [4.78, 5) is 18.1. The Labute approximate surface area is 156 Å². The second kappa shape index (κ2) is 7.11. The first-order chi connectivity index (χ1) is 13.3. The van der Waals surface area contributed by atoms with E-state index in [2.05, 4.69) is 6.07 Å². The highest BCUT2D eigenvalue weighted by Crippen LogP contribution is 2.25. The first kappa shape index (κ1) is 16.5. The SMILES string of the molecule is N#Cc1c(-c2ccccc2)nc(-c2ccccc2)n(-c2ccccc2)c1=O. The predicted octanol–water partition coefficient (Wildman–Crippen LogP) is 4.44. The van der Waals surface area contributed by atoms with Crippen LogP contribution in [0.3, 0.4) is 0 Å². The van der Waals surface area contributed by atoms with Gasteiger partial charge in [0.2, 0.25) is 0 Å². The smallest absolute Gasteiger partial charge is 0.267 e. The molecule has 0 aliphatic rings. The summed E-state index contributed by atoms with van der Waals surface area (Å²) in [7, 11) is 0. The molecule has 0 saturated heterocycles. The summed E-state index contributed by atoms with van der Waals surface area (Å²) in [6, 6.07) is 30.2. The van der Waals surface area contributed by atoms with Gasteiger partial charge in [0.15, 0.2) is 0 Å². The minimum atomic E-state index is -0.378. The fraction of sp³-hybridized carbons (Fsp3) is 0. The summed E-state index contributed by atoms with van der Waals surface area (Å²) in [5, 5.41) is 9.69. The van der Waals surface area contributed by atoms with E-state index in [1.165, 1.54) is 4.57 Å². The fourth-order valence-corrected chi connectivity index (χ4v) is 3.02. The van der Waals surface area contributed by atoms with Gasteiger partial charge < -0.3 is 0 Å². The number of aromatic nitrogens is 2. The Morgan fingerprint density at radius 2 is 1.26 bits per heavy atom. The number of rotatable bonds is 3. The Bertz CT molecular complexity index is 1180. The maximum absolute atomic E-state index is 13.3. The molecule has 0 aliphatic heterocycles. The zero-order chi connectivity index (χ0) is 18.6. The number of para-hydroxylation sites is 1. The van der Waals surface area contributed by atoms with E-state index in [1.807, 2.05) is 91.0 Å². The van der Waals surface area contributed by atoms with Crippen LogP contribution in [0.15, 0.2) is 95.8 Å². The lowest BCUT2D eigenvalue weighted by Crippen LogP contribution is -2.25. The van der Waals surface area contributed by atoms with Crippen molar-refractivity contribution in [1.29, 1.82) is 5.26 Å². The van der Waals surface area contributed by atoms with Gasteiger partial charge >= 0.3 is 0 Å². The van der Waals surface area contributed by atoms with Crippen LogP contribution >= 0.6 is 0 Å². The van der Waals surface area contributed by atoms with Crippen molar-refractivity contribution >= 4 is 0 Å². The normalized spacial score (nSPS) is 10.3. The van der Waals surface area contributed by atoms with Crippen molar-refractivity contribution in [2.24, 2.45) is 0 Å². The fourth-order valence-electron chi connectivity index (χ4n) is 3.02. The second-order valence-electron chi connectivity index (χ2n) is 5.98. The molecule has 0 atom stereocenters. The lowest BCUT2D eigenvalue weighted by atomic mass is 10.1. The minimum absolute atomic E-state index is 0.0322. The number of nitriles is 1. The quantitative estimate of drug-likeness (QED) is 0.549. The molecule has 0 saturated carbocycles. The molecule has 0 fully saturated rings. The largest absolute Gasteiger partial charge is 0.276 e.